The Kier molecular flexibility index (Phi) is 6.20. The second-order valence-electron chi connectivity index (χ2n) is 6.89. The van der Waals surface area contributed by atoms with Gasteiger partial charge in [-0.1, -0.05) is 12.1 Å². The molecule has 1 amide bonds. The lowest BCUT2D eigenvalue weighted by molar-refractivity contribution is -0.917. The maximum absolute atomic E-state index is 13.3. The summed E-state index contributed by atoms with van der Waals surface area (Å²) in [5.74, 6) is 0.0768. The van der Waals surface area contributed by atoms with Gasteiger partial charge >= 0.3 is 0 Å². The van der Waals surface area contributed by atoms with Crippen molar-refractivity contribution in [2.75, 3.05) is 26.2 Å². The Labute approximate surface area is 162 Å². The molecule has 0 aromatic heterocycles. The van der Waals surface area contributed by atoms with Crippen molar-refractivity contribution in [3.63, 3.8) is 0 Å². The van der Waals surface area contributed by atoms with E-state index in [-0.39, 0.29) is 17.4 Å². The molecular weight excluding hydrogens is 365 g/mol. The first-order valence-electron chi connectivity index (χ1n) is 9.20. The maximum Gasteiger partial charge on any atom is 0.269 e. The van der Waals surface area contributed by atoms with E-state index in [0.29, 0.717) is 18.8 Å². The van der Waals surface area contributed by atoms with E-state index in [1.165, 1.54) is 35.2 Å². The summed E-state index contributed by atoms with van der Waals surface area (Å²) < 4.78 is 18.9. The summed E-state index contributed by atoms with van der Waals surface area (Å²) in [5, 5.41) is 10.7. The van der Waals surface area contributed by atoms with Crippen LogP contribution in [0.3, 0.4) is 0 Å². The molecule has 8 heteroatoms. The quantitative estimate of drug-likeness (QED) is 0.600. The second kappa shape index (κ2) is 8.79. The Bertz CT molecular complexity index is 836. The van der Waals surface area contributed by atoms with E-state index in [4.69, 9.17) is 4.74 Å². The van der Waals surface area contributed by atoms with Gasteiger partial charge in [-0.3, -0.25) is 14.9 Å². The Morgan fingerprint density at radius 2 is 1.93 bits per heavy atom. The number of nitrogens with zero attached hydrogens (tertiary/aromatic N) is 2. The van der Waals surface area contributed by atoms with Crippen molar-refractivity contribution in [3.05, 3.63) is 70.0 Å². The van der Waals surface area contributed by atoms with Gasteiger partial charge in [0.05, 0.1) is 31.1 Å². The van der Waals surface area contributed by atoms with Crippen molar-refractivity contribution in [2.24, 2.45) is 0 Å². The zero-order valence-electron chi connectivity index (χ0n) is 15.6. The molecule has 1 atom stereocenters. The smallest absolute Gasteiger partial charge is 0.269 e. The highest BCUT2D eigenvalue weighted by Gasteiger charge is 2.28. The van der Waals surface area contributed by atoms with Crippen LogP contribution in [0, 0.1) is 15.9 Å². The normalized spacial score (nSPS) is 15.9. The molecule has 0 spiro atoms. The van der Waals surface area contributed by atoms with Gasteiger partial charge < -0.3 is 14.5 Å². The average Bonchev–Trinajstić information content (AvgIpc) is 2.68. The molecule has 1 aliphatic rings. The van der Waals surface area contributed by atoms with E-state index >= 15 is 0 Å². The van der Waals surface area contributed by atoms with Crippen molar-refractivity contribution in [3.8, 4) is 5.75 Å². The number of hydrogen-bond donors (Lipinski definition) is 1. The van der Waals surface area contributed by atoms with Crippen LogP contribution in [0.4, 0.5) is 10.1 Å². The number of rotatable bonds is 6. The van der Waals surface area contributed by atoms with Gasteiger partial charge in [-0.15, -0.1) is 0 Å². The molecule has 0 unspecified atom stereocenters. The number of hydrogen-bond acceptors (Lipinski definition) is 4. The SMILES string of the molecule is C[C@H](Oc1ccc([N+](=O)[O-])cc1)C(=O)N1CC[NH+](Cc2cccc(F)c2)CC1. The van der Waals surface area contributed by atoms with Gasteiger partial charge in [0.2, 0.25) is 0 Å². The molecule has 1 N–H and O–H groups in total. The standard InChI is InChI=1S/C20H22FN3O4/c1-15(28-19-7-5-18(6-8-19)24(26)27)20(25)23-11-9-22(10-12-23)14-16-3-2-4-17(21)13-16/h2-8,13,15H,9-12,14H2,1H3/p+1/t15-/m0/s1. The summed E-state index contributed by atoms with van der Waals surface area (Å²) in [6.45, 7) is 5.19. The van der Waals surface area contributed by atoms with E-state index in [1.807, 2.05) is 6.07 Å². The highest BCUT2D eigenvalue weighted by atomic mass is 19.1. The molecule has 7 nitrogen and oxygen atoms in total. The van der Waals surface area contributed by atoms with Crippen LogP contribution in [0.15, 0.2) is 48.5 Å². The summed E-state index contributed by atoms with van der Waals surface area (Å²) in [6.07, 6.45) is -0.675. The summed E-state index contributed by atoms with van der Waals surface area (Å²) in [4.78, 5) is 25.9. The number of carbonyl (C=O) groups excluding carboxylic acids is 1. The highest BCUT2D eigenvalue weighted by Crippen LogP contribution is 2.19. The predicted molar refractivity (Wildman–Crippen MR) is 101 cm³/mol. The third kappa shape index (κ3) is 5.04. The number of nitro benzene ring substituents is 1. The fourth-order valence-electron chi connectivity index (χ4n) is 3.31. The van der Waals surface area contributed by atoms with E-state index in [2.05, 4.69) is 0 Å². The molecule has 0 bridgehead atoms. The molecular formula is C20H23FN3O4+. The first kappa shape index (κ1) is 19.8. The molecule has 1 aliphatic heterocycles. The van der Waals surface area contributed by atoms with Crippen LogP contribution in [0.25, 0.3) is 0 Å². The molecule has 3 rings (SSSR count). The first-order chi connectivity index (χ1) is 13.4. The Balaban J connectivity index is 1.49. The topological polar surface area (TPSA) is 77.1 Å². The van der Waals surface area contributed by atoms with Crippen LogP contribution < -0.4 is 9.64 Å². The Morgan fingerprint density at radius 1 is 1.25 bits per heavy atom. The molecule has 28 heavy (non-hydrogen) atoms. The highest BCUT2D eigenvalue weighted by molar-refractivity contribution is 5.81. The van der Waals surface area contributed by atoms with Crippen LogP contribution in [0.2, 0.25) is 0 Å². The number of non-ortho nitro benzene ring substituents is 1. The lowest BCUT2D eigenvalue weighted by Crippen LogP contribution is -3.13. The van der Waals surface area contributed by atoms with Crippen LogP contribution in [0.5, 0.6) is 5.75 Å². The number of carbonyl (C=O) groups is 1. The molecule has 1 heterocycles. The summed E-state index contributed by atoms with van der Waals surface area (Å²) in [7, 11) is 0. The van der Waals surface area contributed by atoms with Crippen molar-refractivity contribution in [2.45, 2.75) is 19.6 Å². The zero-order chi connectivity index (χ0) is 20.1. The van der Waals surface area contributed by atoms with Gasteiger partial charge in [0, 0.05) is 17.7 Å². The van der Waals surface area contributed by atoms with E-state index < -0.39 is 11.0 Å². The number of benzene rings is 2. The minimum absolute atomic E-state index is 0.0243. The van der Waals surface area contributed by atoms with Crippen LogP contribution in [-0.4, -0.2) is 48.0 Å². The molecule has 0 saturated carbocycles. The van der Waals surface area contributed by atoms with Gasteiger partial charge in [0.25, 0.3) is 11.6 Å². The molecule has 1 saturated heterocycles. The monoisotopic (exact) mass is 388 g/mol. The zero-order valence-corrected chi connectivity index (χ0v) is 15.6. The van der Waals surface area contributed by atoms with Gasteiger partial charge in [-0.25, -0.2) is 4.39 Å². The number of halogens is 1. The lowest BCUT2D eigenvalue weighted by Gasteiger charge is -2.33. The van der Waals surface area contributed by atoms with Gasteiger partial charge in [-0.05, 0) is 31.2 Å². The van der Waals surface area contributed by atoms with Gasteiger partial charge in [0.1, 0.15) is 18.1 Å². The minimum atomic E-state index is -0.675. The largest absolute Gasteiger partial charge is 0.481 e. The van der Waals surface area contributed by atoms with Crippen molar-refractivity contribution in [1.29, 1.82) is 0 Å². The van der Waals surface area contributed by atoms with E-state index in [9.17, 15) is 19.3 Å². The minimum Gasteiger partial charge on any atom is -0.481 e. The Hall–Kier alpha value is -3.00. The molecule has 0 aliphatic carbocycles. The van der Waals surface area contributed by atoms with Crippen molar-refractivity contribution >= 4 is 11.6 Å². The molecule has 2 aromatic rings. The fraction of sp³-hybridized carbons (Fsp3) is 0.350. The molecule has 1 fully saturated rings. The van der Waals surface area contributed by atoms with Crippen LogP contribution >= 0.6 is 0 Å². The van der Waals surface area contributed by atoms with Crippen LogP contribution in [0.1, 0.15) is 12.5 Å². The Morgan fingerprint density at radius 3 is 2.54 bits per heavy atom. The molecule has 148 valence electrons. The number of piperazine rings is 1. The summed E-state index contributed by atoms with van der Waals surface area (Å²) in [5.41, 5.74) is 0.924. The van der Waals surface area contributed by atoms with Crippen molar-refractivity contribution < 1.29 is 23.7 Å². The number of ether oxygens (including phenoxy) is 1. The molecule has 2 aromatic carbocycles. The fourth-order valence-corrected chi connectivity index (χ4v) is 3.31. The van der Waals surface area contributed by atoms with E-state index in [0.717, 1.165) is 25.2 Å². The third-order valence-electron chi connectivity index (χ3n) is 4.83. The summed E-state index contributed by atoms with van der Waals surface area (Å²) in [6, 6.07) is 12.3. The number of nitro groups is 1. The maximum atomic E-state index is 13.3. The first-order valence-corrected chi connectivity index (χ1v) is 9.20. The lowest BCUT2D eigenvalue weighted by atomic mass is 10.2. The van der Waals surface area contributed by atoms with Gasteiger partial charge in [0.15, 0.2) is 6.10 Å². The van der Waals surface area contributed by atoms with Gasteiger partial charge in [-0.2, -0.15) is 0 Å². The second-order valence-corrected chi connectivity index (χ2v) is 6.89. The molecule has 0 radical (unpaired) electrons. The number of quaternary nitrogens is 1. The average molecular weight is 388 g/mol. The van der Waals surface area contributed by atoms with Crippen molar-refractivity contribution in [1.82, 2.24) is 4.90 Å². The van der Waals surface area contributed by atoms with Crippen LogP contribution in [-0.2, 0) is 11.3 Å². The number of nitrogens with one attached hydrogen (secondary N) is 1. The van der Waals surface area contributed by atoms with E-state index in [1.54, 1.807) is 24.0 Å². The number of amides is 1. The summed E-state index contributed by atoms with van der Waals surface area (Å²) >= 11 is 0. The predicted octanol–water partition coefficient (Wildman–Crippen LogP) is 1.43. The third-order valence-corrected chi connectivity index (χ3v) is 4.83.